The largest absolute Gasteiger partial charge is 0.435 e. The number of thioether (sulfide) groups is 1. The fourth-order valence-electron chi connectivity index (χ4n) is 3.98. The number of urea groups is 1. The second kappa shape index (κ2) is 15.9. The second-order valence-electron chi connectivity index (χ2n) is 9.44. The molecule has 0 bridgehead atoms. The number of amidine groups is 2. The highest BCUT2D eigenvalue weighted by Crippen LogP contribution is 2.31. The lowest BCUT2D eigenvalue weighted by Gasteiger charge is -2.20. The normalized spacial score (nSPS) is 15.4. The summed E-state index contributed by atoms with van der Waals surface area (Å²) in [5.74, 6) is -1.21. The van der Waals surface area contributed by atoms with Crippen molar-refractivity contribution in [2.24, 2.45) is 20.7 Å². The summed E-state index contributed by atoms with van der Waals surface area (Å²) in [7, 11) is 4.52. The number of benzene rings is 3. The van der Waals surface area contributed by atoms with Crippen molar-refractivity contribution in [2.75, 3.05) is 22.6 Å². The average Bonchev–Trinajstić information content (AvgIpc) is 3.34. The van der Waals surface area contributed by atoms with Gasteiger partial charge in [-0.25, -0.2) is 19.2 Å². The summed E-state index contributed by atoms with van der Waals surface area (Å²) in [5, 5.41) is 3.51. The average molecular weight is 677 g/mol. The van der Waals surface area contributed by atoms with Crippen molar-refractivity contribution in [2.45, 2.75) is 26.1 Å². The molecule has 3 aromatic rings. The number of nitrogens with two attached hydrogens (primary N) is 1. The van der Waals surface area contributed by atoms with Gasteiger partial charge in [0.05, 0.1) is 30.3 Å². The molecule has 3 atom stereocenters. The Kier molecular flexibility index (Phi) is 12.1. The number of alkyl halides is 3. The Morgan fingerprint density at radius 1 is 1.16 bits per heavy atom. The molecule has 10 nitrogen and oxygen atoms in total. The number of ether oxygens (including phenoxy) is 2. The summed E-state index contributed by atoms with van der Waals surface area (Å²) in [6.45, 7) is -1.09. The van der Waals surface area contributed by atoms with E-state index >= 15 is 0 Å². The van der Waals surface area contributed by atoms with Crippen LogP contribution in [-0.4, -0.2) is 54.2 Å². The molecule has 3 unspecified atom stereocenters. The minimum Gasteiger partial charge on any atom is -0.435 e. The highest BCUT2D eigenvalue weighted by Gasteiger charge is 2.32. The smallest absolute Gasteiger partial charge is 0.387 e. The minimum atomic E-state index is -2.91. The Morgan fingerprint density at radius 3 is 2.60 bits per heavy atom. The SMILES string of the molecule is Cc1ccc(COCC(F)P)c(N2C(=O)CS/C2=N\C(=O)Nc2ccc(C(N)=NC=Nc3ccc(OC(F)F)cc3)cc2P)c1. The Bertz CT molecular complexity index is 1640. The van der Waals surface area contributed by atoms with E-state index in [4.69, 9.17) is 10.5 Å². The Labute approximate surface area is 266 Å². The van der Waals surface area contributed by atoms with Crippen molar-refractivity contribution in [3.63, 3.8) is 0 Å². The van der Waals surface area contributed by atoms with Crippen LogP contribution in [0.15, 0.2) is 75.6 Å². The van der Waals surface area contributed by atoms with E-state index in [0.717, 1.165) is 17.3 Å². The molecule has 0 spiro atoms. The number of hydrogen-bond acceptors (Lipinski definition) is 6. The fraction of sp³-hybridized carbons (Fsp3) is 0.207. The predicted molar refractivity (Wildman–Crippen MR) is 180 cm³/mol. The van der Waals surface area contributed by atoms with Gasteiger partial charge in [0.15, 0.2) is 5.17 Å². The van der Waals surface area contributed by atoms with Crippen LogP contribution >= 0.6 is 30.2 Å². The number of carbonyl (C=O) groups is 2. The van der Waals surface area contributed by atoms with Crippen molar-refractivity contribution in [1.29, 1.82) is 0 Å². The zero-order valence-corrected chi connectivity index (χ0v) is 26.9. The van der Waals surface area contributed by atoms with Crippen molar-refractivity contribution in [3.8, 4) is 5.75 Å². The summed E-state index contributed by atoms with van der Waals surface area (Å²) in [6, 6.07) is 15.4. The first-order valence-electron chi connectivity index (χ1n) is 13.2. The fourth-order valence-corrected chi connectivity index (χ4v) is 5.32. The summed E-state index contributed by atoms with van der Waals surface area (Å²) < 4.78 is 47.5. The van der Waals surface area contributed by atoms with Crippen molar-refractivity contribution in [1.82, 2.24) is 0 Å². The van der Waals surface area contributed by atoms with E-state index in [2.05, 4.69) is 34.3 Å². The molecule has 4 rings (SSSR count). The van der Waals surface area contributed by atoms with Crippen LogP contribution in [0.25, 0.3) is 0 Å². The van der Waals surface area contributed by atoms with Gasteiger partial charge in [0.2, 0.25) is 5.91 Å². The number of anilines is 2. The van der Waals surface area contributed by atoms with Gasteiger partial charge >= 0.3 is 12.6 Å². The van der Waals surface area contributed by atoms with Crippen LogP contribution in [0, 0.1) is 6.92 Å². The molecule has 236 valence electrons. The van der Waals surface area contributed by atoms with E-state index in [-0.39, 0.29) is 41.6 Å². The molecule has 1 aliphatic heterocycles. The highest BCUT2D eigenvalue weighted by molar-refractivity contribution is 8.15. The predicted octanol–water partition coefficient (Wildman–Crippen LogP) is 5.52. The van der Waals surface area contributed by atoms with Gasteiger partial charge in [-0.15, -0.1) is 9.24 Å². The van der Waals surface area contributed by atoms with Gasteiger partial charge in [0.1, 0.15) is 23.8 Å². The minimum absolute atomic E-state index is 0.0116. The van der Waals surface area contributed by atoms with E-state index in [1.165, 1.54) is 35.5 Å². The van der Waals surface area contributed by atoms with Crippen LogP contribution in [0.3, 0.4) is 0 Å². The van der Waals surface area contributed by atoms with E-state index in [1.807, 2.05) is 22.2 Å². The molecule has 1 heterocycles. The molecule has 1 aliphatic rings. The highest BCUT2D eigenvalue weighted by atomic mass is 32.2. The molecule has 1 saturated heterocycles. The number of rotatable bonds is 11. The first-order chi connectivity index (χ1) is 21.5. The lowest BCUT2D eigenvalue weighted by Crippen LogP contribution is -2.31. The number of aryl methyl sites for hydroxylation is 1. The standard InChI is InChI=1S/C29H29F3N6O4P2S/c1-16-2-3-18(12-41-13-24(30)44)22(10-16)38-25(39)14-45-29(38)37-28(40)36-21-9-4-17(11-23(21)43)26(33)35-15-34-19-5-7-20(8-6-19)42-27(31)32/h2-11,15,24,27H,12-14,43-44H2,1H3,(H,36,40)(H2,33,34,35)/b37-29-. The van der Waals surface area contributed by atoms with E-state index < -0.39 is 18.6 Å². The number of nitrogens with zero attached hydrogens (tertiary/aromatic N) is 4. The molecule has 0 radical (unpaired) electrons. The van der Waals surface area contributed by atoms with Crippen LogP contribution in [0.4, 0.5) is 35.0 Å². The van der Waals surface area contributed by atoms with Crippen LogP contribution in [0.2, 0.25) is 0 Å². The van der Waals surface area contributed by atoms with Gasteiger partial charge in [-0.05, 0) is 66.3 Å². The third-order valence-corrected chi connectivity index (χ3v) is 7.63. The lowest BCUT2D eigenvalue weighted by molar-refractivity contribution is -0.115. The van der Waals surface area contributed by atoms with E-state index in [9.17, 15) is 22.8 Å². The summed E-state index contributed by atoms with van der Waals surface area (Å²) in [4.78, 5) is 39.5. The van der Waals surface area contributed by atoms with Crippen LogP contribution in [0.1, 0.15) is 16.7 Å². The van der Waals surface area contributed by atoms with Crippen molar-refractivity contribution in [3.05, 3.63) is 77.4 Å². The first-order valence-corrected chi connectivity index (χ1v) is 15.5. The maximum atomic E-state index is 13.2. The van der Waals surface area contributed by atoms with E-state index in [0.29, 0.717) is 33.5 Å². The van der Waals surface area contributed by atoms with Crippen LogP contribution in [0.5, 0.6) is 5.75 Å². The van der Waals surface area contributed by atoms with Gasteiger partial charge in [-0.2, -0.15) is 13.8 Å². The zero-order chi connectivity index (χ0) is 32.5. The molecule has 1 fully saturated rings. The third kappa shape index (κ3) is 9.83. The number of nitrogens with one attached hydrogen (secondary N) is 1. The van der Waals surface area contributed by atoms with Gasteiger partial charge in [-0.3, -0.25) is 9.69 Å². The molecular formula is C29H29F3N6O4P2S. The zero-order valence-electron chi connectivity index (χ0n) is 23.8. The maximum absolute atomic E-state index is 13.2. The maximum Gasteiger partial charge on any atom is 0.387 e. The molecule has 3 N–H and O–H groups in total. The van der Waals surface area contributed by atoms with Crippen LogP contribution < -0.4 is 26.0 Å². The van der Waals surface area contributed by atoms with Crippen molar-refractivity contribution < 1.29 is 32.2 Å². The van der Waals surface area contributed by atoms with E-state index in [1.54, 1.807) is 30.3 Å². The van der Waals surface area contributed by atoms with Gasteiger partial charge < -0.3 is 20.5 Å². The molecule has 16 heteroatoms. The molecule has 3 amide bonds. The Balaban J connectivity index is 1.44. The first kappa shape index (κ1) is 34.1. The number of carbonyl (C=O) groups excluding carboxylic acids is 2. The summed E-state index contributed by atoms with van der Waals surface area (Å²) >= 11 is 1.13. The number of halogens is 3. The summed E-state index contributed by atoms with van der Waals surface area (Å²) in [6.07, 6.45) is 1.23. The van der Waals surface area contributed by atoms with Gasteiger partial charge in [0, 0.05) is 16.8 Å². The monoisotopic (exact) mass is 676 g/mol. The lowest BCUT2D eigenvalue weighted by atomic mass is 10.1. The molecule has 0 aliphatic carbocycles. The molecule has 0 saturated carbocycles. The van der Waals surface area contributed by atoms with Gasteiger partial charge in [-0.1, -0.05) is 33.1 Å². The van der Waals surface area contributed by atoms with Crippen LogP contribution in [-0.2, 0) is 16.1 Å². The Morgan fingerprint density at radius 2 is 1.91 bits per heavy atom. The molecule has 45 heavy (non-hydrogen) atoms. The quantitative estimate of drug-likeness (QED) is 0.156. The summed E-state index contributed by atoms with van der Waals surface area (Å²) in [5.41, 5.74) is 9.59. The Hall–Kier alpha value is -3.83. The number of aliphatic imine (C=N–C) groups is 3. The molecule has 0 aromatic heterocycles. The van der Waals surface area contributed by atoms with Gasteiger partial charge in [0.25, 0.3) is 0 Å². The van der Waals surface area contributed by atoms with Crippen molar-refractivity contribution >= 4 is 81.9 Å². The molecule has 3 aromatic carbocycles. The number of hydrogen-bond donors (Lipinski definition) is 2. The topological polar surface area (TPSA) is 131 Å². The second-order valence-corrected chi connectivity index (χ2v) is 11.7. The molecular weight excluding hydrogens is 647 g/mol. The third-order valence-electron chi connectivity index (χ3n) is 6.03. The number of amides is 3.